The minimum absolute atomic E-state index is 0.313. The van der Waals surface area contributed by atoms with E-state index >= 15 is 0 Å². The Hall–Kier alpha value is -1.42. The number of carbonyl (C=O) groups is 1. The lowest BCUT2D eigenvalue weighted by molar-refractivity contribution is -0.122. The molecule has 2 aromatic rings. The Morgan fingerprint density at radius 3 is 2.55 bits per heavy atom. The fourth-order valence-corrected chi connectivity index (χ4v) is 2.34. The molecule has 0 radical (unpaired) electrons. The van der Waals surface area contributed by atoms with Gasteiger partial charge in [-0.3, -0.25) is 4.79 Å². The van der Waals surface area contributed by atoms with Crippen LogP contribution in [0.5, 0.6) is 5.75 Å². The van der Waals surface area contributed by atoms with Crippen molar-refractivity contribution in [2.45, 2.75) is 19.4 Å². The van der Waals surface area contributed by atoms with E-state index in [1.54, 1.807) is 42.5 Å². The number of halogens is 3. The van der Waals surface area contributed by atoms with Gasteiger partial charge >= 0.3 is 0 Å². The molecular formula is C16H14Cl3NO2. The van der Waals surface area contributed by atoms with Gasteiger partial charge in [0.2, 0.25) is 0 Å². The van der Waals surface area contributed by atoms with E-state index in [0.29, 0.717) is 32.9 Å². The van der Waals surface area contributed by atoms with E-state index in [1.165, 1.54) is 0 Å². The quantitative estimate of drug-likeness (QED) is 0.772. The molecular weight excluding hydrogens is 345 g/mol. The first-order chi connectivity index (χ1) is 10.5. The zero-order valence-corrected chi connectivity index (χ0v) is 14.0. The molecule has 1 amide bonds. The standard InChI is InChI=1S/C16H14Cl3NO2/c1-2-14(22-15-6-4-3-5-12(15)19)16(21)20-13-9-10(17)7-8-11(13)18/h3-9,14H,2H2,1H3,(H,20,21)/t14-/m0/s1. The molecule has 0 spiro atoms. The maximum Gasteiger partial charge on any atom is 0.265 e. The normalized spacial score (nSPS) is 11.8. The molecule has 22 heavy (non-hydrogen) atoms. The number of ether oxygens (including phenoxy) is 1. The van der Waals surface area contributed by atoms with Crippen molar-refractivity contribution in [1.29, 1.82) is 0 Å². The van der Waals surface area contributed by atoms with Crippen molar-refractivity contribution in [3.8, 4) is 5.75 Å². The van der Waals surface area contributed by atoms with Gasteiger partial charge in [0.1, 0.15) is 5.75 Å². The van der Waals surface area contributed by atoms with Crippen LogP contribution in [0.2, 0.25) is 15.1 Å². The number of nitrogens with one attached hydrogen (secondary N) is 1. The van der Waals surface area contributed by atoms with E-state index in [4.69, 9.17) is 39.5 Å². The summed E-state index contributed by atoms with van der Waals surface area (Å²) >= 11 is 18.0. The molecule has 3 nitrogen and oxygen atoms in total. The van der Waals surface area contributed by atoms with Gasteiger partial charge in [-0.15, -0.1) is 0 Å². The largest absolute Gasteiger partial charge is 0.479 e. The van der Waals surface area contributed by atoms with Gasteiger partial charge in [0.25, 0.3) is 5.91 Å². The molecule has 0 unspecified atom stereocenters. The van der Waals surface area contributed by atoms with Crippen molar-refractivity contribution >= 4 is 46.4 Å². The van der Waals surface area contributed by atoms with E-state index in [9.17, 15) is 4.79 Å². The first-order valence-corrected chi connectivity index (χ1v) is 7.81. The molecule has 0 aliphatic heterocycles. The van der Waals surface area contributed by atoms with E-state index in [1.807, 2.05) is 6.92 Å². The van der Waals surface area contributed by atoms with E-state index in [2.05, 4.69) is 5.32 Å². The van der Waals surface area contributed by atoms with Crippen LogP contribution in [0.1, 0.15) is 13.3 Å². The zero-order chi connectivity index (χ0) is 16.1. The molecule has 0 heterocycles. The summed E-state index contributed by atoms with van der Waals surface area (Å²) in [5.41, 5.74) is 0.445. The van der Waals surface area contributed by atoms with Gasteiger partial charge < -0.3 is 10.1 Å². The predicted octanol–water partition coefficient (Wildman–Crippen LogP) is 5.44. The number of hydrogen-bond acceptors (Lipinski definition) is 2. The SMILES string of the molecule is CC[C@H](Oc1ccccc1Cl)C(=O)Nc1cc(Cl)ccc1Cl. The fraction of sp³-hybridized carbons (Fsp3) is 0.188. The molecule has 0 aliphatic rings. The molecule has 116 valence electrons. The van der Waals surface area contributed by atoms with Crippen LogP contribution in [0.25, 0.3) is 0 Å². The van der Waals surface area contributed by atoms with Crippen LogP contribution in [-0.4, -0.2) is 12.0 Å². The average molecular weight is 359 g/mol. The monoisotopic (exact) mass is 357 g/mol. The van der Waals surface area contributed by atoms with Gasteiger partial charge in [-0.2, -0.15) is 0 Å². The summed E-state index contributed by atoms with van der Waals surface area (Å²) in [4.78, 5) is 12.3. The minimum atomic E-state index is -0.685. The lowest BCUT2D eigenvalue weighted by Gasteiger charge is -2.18. The van der Waals surface area contributed by atoms with Crippen molar-refractivity contribution in [3.63, 3.8) is 0 Å². The van der Waals surface area contributed by atoms with Crippen LogP contribution in [-0.2, 0) is 4.79 Å². The highest BCUT2D eigenvalue weighted by Crippen LogP contribution is 2.27. The molecule has 1 atom stereocenters. The number of rotatable bonds is 5. The first kappa shape index (κ1) is 16.9. The molecule has 6 heteroatoms. The highest BCUT2D eigenvalue weighted by atomic mass is 35.5. The Kier molecular flexibility index (Phi) is 5.95. The van der Waals surface area contributed by atoms with Crippen molar-refractivity contribution in [1.82, 2.24) is 0 Å². The lowest BCUT2D eigenvalue weighted by atomic mass is 10.2. The Morgan fingerprint density at radius 2 is 1.86 bits per heavy atom. The van der Waals surface area contributed by atoms with E-state index in [-0.39, 0.29) is 5.91 Å². The molecule has 2 aromatic carbocycles. The summed E-state index contributed by atoms with van der Waals surface area (Å²) in [7, 11) is 0. The molecule has 0 saturated carbocycles. The topological polar surface area (TPSA) is 38.3 Å². The molecule has 0 aromatic heterocycles. The summed E-state index contributed by atoms with van der Waals surface area (Å²) in [6, 6.07) is 11.9. The van der Waals surface area contributed by atoms with Crippen molar-refractivity contribution < 1.29 is 9.53 Å². The van der Waals surface area contributed by atoms with Gasteiger partial charge in [-0.25, -0.2) is 0 Å². The Labute approximate surface area is 144 Å². The van der Waals surface area contributed by atoms with Gasteiger partial charge in [0.05, 0.1) is 15.7 Å². The Bertz CT molecular complexity index is 676. The Morgan fingerprint density at radius 1 is 1.14 bits per heavy atom. The summed E-state index contributed by atoms with van der Waals surface area (Å²) < 4.78 is 5.68. The number of para-hydroxylation sites is 1. The molecule has 0 aliphatic carbocycles. The second-order valence-corrected chi connectivity index (χ2v) is 5.81. The van der Waals surface area contributed by atoms with Crippen molar-refractivity contribution in [2.75, 3.05) is 5.32 Å². The summed E-state index contributed by atoms with van der Waals surface area (Å²) in [6.45, 7) is 1.85. The number of benzene rings is 2. The zero-order valence-electron chi connectivity index (χ0n) is 11.8. The van der Waals surface area contributed by atoms with Gasteiger partial charge in [-0.1, -0.05) is 53.9 Å². The minimum Gasteiger partial charge on any atom is -0.479 e. The lowest BCUT2D eigenvalue weighted by Crippen LogP contribution is -2.32. The fourth-order valence-electron chi connectivity index (χ4n) is 1.82. The van der Waals surface area contributed by atoms with Gasteiger partial charge in [0.15, 0.2) is 6.10 Å². The summed E-state index contributed by atoms with van der Waals surface area (Å²) in [5.74, 6) is 0.148. The number of amides is 1. The molecule has 2 rings (SSSR count). The average Bonchev–Trinajstić information content (AvgIpc) is 2.50. The molecule has 0 fully saturated rings. The third kappa shape index (κ3) is 4.29. The van der Waals surface area contributed by atoms with Gasteiger partial charge in [-0.05, 0) is 36.8 Å². The first-order valence-electron chi connectivity index (χ1n) is 6.68. The van der Waals surface area contributed by atoms with Crippen molar-refractivity contribution in [3.05, 3.63) is 57.5 Å². The highest BCUT2D eigenvalue weighted by Gasteiger charge is 2.20. The highest BCUT2D eigenvalue weighted by molar-refractivity contribution is 6.35. The van der Waals surface area contributed by atoms with Crippen LogP contribution < -0.4 is 10.1 Å². The second-order valence-electron chi connectivity index (χ2n) is 4.56. The van der Waals surface area contributed by atoms with E-state index in [0.717, 1.165) is 0 Å². The Balaban J connectivity index is 2.12. The van der Waals surface area contributed by atoms with Crippen molar-refractivity contribution in [2.24, 2.45) is 0 Å². The van der Waals surface area contributed by atoms with Crippen LogP contribution in [0.15, 0.2) is 42.5 Å². The predicted molar refractivity (Wildman–Crippen MR) is 91.3 cm³/mol. The van der Waals surface area contributed by atoms with Crippen LogP contribution in [0.4, 0.5) is 5.69 Å². The molecule has 0 bridgehead atoms. The third-order valence-electron chi connectivity index (χ3n) is 2.96. The van der Waals surface area contributed by atoms with Crippen LogP contribution in [0.3, 0.4) is 0 Å². The third-order valence-corrected chi connectivity index (χ3v) is 3.83. The summed E-state index contributed by atoms with van der Waals surface area (Å²) in [5, 5.41) is 4.07. The van der Waals surface area contributed by atoms with E-state index < -0.39 is 6.10 Å². The number of carbonyl (C=O) groups excluding carboxylic acids is 1. The molecule has 1 N–H and O–H groups in total. The van der Waals surface area contributed by atoms with Crippen LogP contribution in [0, 0.1) is 0 Å². The number of anilines is 1. The summed E-state index contributed by atoms with van der Waals surface area (Å²) in [6.07, 6.45) is -0.204. The smallest absolute Gasteiger partial charge is 0.265 e. The second kappa shape index (κ2) is 7.73. The number of hydrogen-bond donors (Lipinski definition) is 1. The maximum absolute atomic E-state index is 12.3. The van der Waals surface area contributed by atoms with Gasteiger partial charge in [0, 0.05) is 5.02 Å². The molecule has 0 saturated heterocycles. The van der Waals surface area contributed by atoms with Crippen LogP contribution >= 0.6 is 34.8 Å². The maximum atomic E-state index is 12.3.